The first kappa shape index (κ1) is 28.7. The summed E-state index contributed by atoms with van der Waals surface area (Å²) in [4.78, 5) is 38.1. The Hall–Kier alpha value is -3.35. The predicted octanol–water partition coefficient (Wildman–Crippen LogP) is 6.06. The highest BCUT2D eigenvalue weighted by Gasteiger charge is 2.43. The summed E-state index contributed by atoms with van der Waals surface area (Å²) in [5.74, 6) is -2.13. The van der Waals surface area contributed by atoms with Crippen molar-refractivity contribution in [1.82, 2.24) is 14.7 Å². The molecule has 1 aromatic heterocycles. The number of alkyl halides is 3. The molecule has 0 spiro atoms. The molecule has 0 aliphatic carbocycles. The molecule has 39 heavy (non-hydrogen) atoms. The van der Waals surface area contributed by atoms with E-state index in [-0.39, 0.29) is 28.6 Å². The SMILES string of the molecule is CC(C)(C)OC[C@H](C(=O)O)N1C(=O)S/C(=C\c2ccc3c(cnn3Cc3ccc(Cl)cc3C(F)(F)F)c2)C1=O. The number of carboxylic acid groups (broad SMARTS) is 1. The summed E-state index contributed by atoms with van der Waals surface area (Å²) in [5.41, 5.74) is -0.453. The van der Waals surface area contributed by atoms with Gasteiger partial charge in [-0.25, -0.2) is 4.79 Å². The number of hydrogen-bond donors (Lipinski definition) is 1. The number of carbonyl (C=O) groups excluding carboxylic acids is 2. The molecule has 8 nitrogen and oxygen atoms in total. The number of nitrogens with zero attached hydrogens (tertiary/aromatic N) is 3. The van der Waals surface area contributed by atoms with Crippen molar-refractivity contribution in [3.05, 3.63) is 69.2 Å². The third-order valence-electron chi connectivity index (χ3n) is 5.76. The quantitative estimate of drug-likeness (QED) is 0.338. The minimum atomic E-state index is -4.59. The van der Waals surface area contributed by atoms with Crippen LogP contribution in [0.15, 0.2) is 47.5 Å². The molecule has 0 unspecified atom stereocenters. The summed E-state index contributed by atoms with van der Waals surface area (Å²) in [7, 11) is 0. The number of carbonyl (C=O) groups is 3. The van der Waals surface area contributed by atoms with Gasteiger partial charge in [-0.2, -0.15) is 18.3 Å². The van der Waals surface area contributed by atoms with Gasteiger partial charge in [0.2, 0.25) is 0 Å². The van der Waals surface area contributed by atoms with Gasteiger partial charge in [0.1, 0.15) is 0 Å². The lowest BCUT2D eigenvalue weighted by Gasteiger charge is -2.26. The Balaban J connectivity index is 1.58. The number of thioether (sulfide) groups is 1. The van der Waals surface area contributed by atoms with E-state index >= 15 is 0 Å². The number of carboxylic acids is 1. The number of ether oxygens (including phenoxy) is 1. The summed E-state index contributed by atoms with van der Waals surface area (Å²) >= 11 is 6.38. The standard InChI is InChI=1S/C26H23ClF3N3O5S/c1-25(2,3)38-13-20(23(35)36)33-22(34)21(39-24(33)37)9-14-4-7-19-16(8-14)11-31-32(19)12-15-5-6-17(27)10-18(15)26(28,29)30/h4-11,20H,12-13H2,1-3H3,(H,35,36)/b21-9-/t20-/m1/s1. The van der Waals surface area contributed by atoms with Crippen LogP contribution in [0.2, 0.25) is 5.02 Å². The van der Waals surface area contributed by atoms with E-state index in [1.54, 1.807) is 39.0 Å². The summed E-state index contributed by atoms with van der Waals surface area (Å²) in [6.07, 6.45) is -1.66. The van der Waals surface area contributed by atoms with E-state index in [9.17, 15) is 32.7 Å². The smallest absolute Gasteiger partial charge is 0.416 e. The van der Waals surface area contributed by atoms with Crippen molar-refractivity contribution in [2.24, 2.45) is 0 Å². The Morgan fingerprint density at radius 2 is 1.90 bits per heavy atom. The molecule has 1 atom stereocenters. The first-order valence-electron chi connectivity index (χ1n) is 11.6. The second-order valence-electron chi connectivity index (χ2n) is 9.75. The van der Waals surface area contributed by atoms with Gasteiger partial charge in [0.25, 0.3) is 11.1 Å². The molecular weight excluding hydrogens is 559 g/mol. The van der Waals surface area contributed by atoms with Gasteiger partial charge in [-0.1, -0.05) is 23.7 Å². The van der Waals surface area contributed by atoms with Crippen LogP contribution in [-0.4, -0.2) is 55.2 Å². The van der Waals surface area contributed by atoms with Crippen LogP contribution in [0.4, 0.5) is 18.0 Å². The number of rotatable bonds is 7. The molecule has 0 radical (unpaired) electrons. The Morgan fingerprint density at radius 1 is 1.18 bits per heavy atom. The van der Waals surface area contributed by atoms with E-state index in [0.29, 0.717) is 33.1 Å². The fourth-order valence-electron chi connectivity index (χ4n) is 3.92. The first-order chi connectivity index (χ1) is 18.1. The van der Waals surface area contributed by atoms with E-state index in [0.717, 1.165) is 6.07 Å². The van der Waals surface area contributed by atoms with Crippen LogP contribution >= 0.6 is 23.4 Å². The maximum Gasteiger partial charge on any atom is 0.416 e. The number of imide groups is 1. The largest absolute Gasteiger partial charge is 0.480 e. The summed E-state index contributed by atoms with van der Waals surface area (Å²) < 4.78 is 47.4. The Labute approximate surface area is 230 Å². The maximum absolute atomic E-state index is 13.5. The number of fused-ring (bicyclic) bond motifs is 1. The van der Waals surface area contributed by atoms with Crippen molar-refractivity contribution in [3.63, 3.8) is 0 Å². The second-order valence-corrected chi connectivity index (χ2v) is 11.2. The fraction of sp³-hybridized carbons (Fsp3) is 0.308. The summed E-state index contributed by atoms with van der Waals surface area (Å²) in [6, 6.07) is 7.00. The highest BCUT2D eigenvalue weighted by Crippen LogP contribution is 2.36. The molecule has 3 aromatic rings. The molecule has 0 saturated carbocycles. The van der Waals surface area contributed by atoms with Crippen LogP contribution in [0.3, 0.4) is 0 Å². The molecule has 13 heteroatoms. The zero-order valence-electron chi connectivity index (χ0n) is 21.0. The topological polar surface area (TPSA) is 102 Å². The van der Waals surface area contributed by atoms with Gasteiger partial charge in [0, 0.05) is 10.4 Å². The van der Waals surface area contributed by atoms with Crippen molar-refractivity contribution in [3.8, 4) is 0 Å². The highest BCUT2D eigenvalue weighted by atomic mass is 35.5. The van der Waals surface area contributed by atoms with Crippen LogP contribution in [0, 0.1) is 0 Å². The van der Waals surface area contributed by atoms with Crippen LogP contribution in [0.1, 0.15) is 37.5 Å². The molecular formula is C26H23ClF3N3O5S. The molecule has 1 aliphatic heterocycles. The third kappa shape index (κ3) is 6.45. The van der Waals surface area contributed by atoms with Gasteiger partial charge in [0.15, 0.2) is 6.04 Å². The maximum atomic E-state index is 13.5. The second kappa shape index (κ2) is 10.7. The summed E-state index contributed by atoms with van der Waals surface area (Å²) in [5, 5.41) is 13.7. The van der Waals surface area contributed by atoms with Crippen molar-refractivity contribution in [1.29, 1.82) is 0 Å². The lowest BCUT2D eigenvalue weighted by Crippen LogP contribution is -2.48. The molecule has 2 heterocycles. The van der Waals surface area contributed by atoms with Crippen molar-refractivity contribution in [2.75, 3.05) is 6.61 Å². The lowest BCUT2D eigenvalue weighted by atomic mass is 10.1. The van der Waals surface area contributed by atoms with Gasteiger partial charge in [0.05, 0.1) is 40.9 Å². The highest BCUT2D eigenvalue weighted by molar-refractivity contribution is 8.18. The average molecular weight is 582 g/mol. The molecule has 2 amide bonds. The zero-order valence-corrected chi connectivity index (χ0v) is 22.5. The van der Waals surface area contributed by atoms with E-state index in [1.165, 1.54) is 29.1 Å². The molecule has 2 aromatic carbocycles. The van der Waals surface area contributed by atoms with Gasteiger partial charge in [-0.15, -0.1) is 0 Å². The Kier molecular flexibility index (Phi) is 7.84. The van der Waals surface area contributed by atoms with Crippen molar-refractivity contribution < 1.29 is 37.4 Å². The molecule has 0 bridgehead atoms. The number of aliphatic carboxylic acids is 1. The van der Waals surface area contributed by atoms with Gasteiger partial charge < -0.3 is 9.84 Å². The van der Waals surface area contributed by atoms with Gasteiger partial charge in [-0.05, 0) is 74.0 Å². The minimum absolute atomic E-state index is 0.00178. The molecule has 1 aliphatic rings. The van der Waals surface area contributed by atoms with E-state index < -0.39 is 40.5 Å². The van der Waals surface area contributed by atoms with Gasteiger partial charge in [-0.3, -0.25) is 19.2 Å². The van der Waals surface area contributed by atoms with Crippen molar-refractivity contribution >= 4 is 57.5 Å². The number of halogens is 4. The van der Waals surface area contributed by atoms with E-state index in [1.807, 2.05) is 0 Å². The zero-order chi connectivity index (χ0) is 28.7. The molecule has 206 valence electrons. The first-order valence-corrected chi connectivity index (χ1v) is 12.8. The predicted molar refractivity (Wildman–Crippen MR) is 140 cm³/mol. The fourth-order valence-corrected chi connectivity index (χ4v) is 4.97. The van der Waals surface area contributed by atoms with Crippen LogP contribution in [0.25, 0.3) is 17.0 Å². The number of aromatic nitrogens is 2. The average Bonchev–Trinajstić information content (AvgIpc) is 3.34. The Morgan fingerprint density at radius 3 is 2.54 bits per heavy atom. The normalized spacial score (nSPS) is 16.5. The monoisotopic (exact) mass is 581 g/mol. The van der Waals surface area contributed by atoms with Gasteiger partial charge >= 0.3 is 12.1 Å². The number of hydrogen-bond acceptors (Lipinski definition) is 6. The molecule has 4 rings (SSSR count). The van der Waals surface area contributed by atoms with Crippen molar-refractivity contribution in [2.45, 2.75) is 45.1 Å². The van der Waals surface area contributed by atoms with E-state index in [2.05, 4.69) is 5.10 Å². The molecule has 1 fully saturated rings. The third-order valence-corrected chi connectivity index (χ3v) is 6.87. The van der Waals surface area contributed by atoms with E-state index in [4.69, 9.17) is 16.3 Å². The van der Waals surface area contributed by atoms with Crippen LogP contribution in [0.5, 0.6) is 0 Å². The molecule has 1 N–H and O–H groups in total. The summed E-state index contributed by atoms with van der Waals surface area (Å²) in [6.45, 7) is 4.66. The number of amides is 2. The van der Waals surface area contributed by atoms with Crippen LogP contribution in [-0.2, 0) is 27.0 Å². The molecule has 1 saturated heterocycles. The Bertz CT molecular complexity index is 1500. The minimum Gasteiger partial charge on any atom is -0.480 e. The number of benzene rings is 2. The van der Waals surface area contributed by atoms with Crippen LogP contribution < -0.4 is 0 Å². The lowest BCUT2D eigenvalue weighted by molar-refractivity contribution is -0.150.